The topological polar surface area (TPSA) is 61.0 Å². The van der Waals surface area contributed by atoms with Crippen molar-refractivity contribution in [2.45, 2.75) is 6.18 Å². The lowest BCUT2D eigenvalue weighted by atomic mass is 10.3. The fourth-order valence-electron chi connectivity index (χ4n) is 1.07. The number of nitrogens with zero attached hydrogens (tertiary/aromatic N) is 2. The van der Waals surface area contributed by atoms with Crippen LogP contribution in [0.4, 0.5) is 18.9 Å². The van der Waals surface area contributed by atoms with E-state index in [0.29, 0.717) is 11.3 Å². The molecule has 1 heterocycles. The zero-order valence-corrected chi connectivity index (χ0v) is 10.9. The van der Waals surface area contributed by atoms with Crippen molar-refractivity contribution < 1.29 is 17.9 Å². The van der Waals surface area contributed by atoms with Crippen LogP contribution in [0, 0.1) is 0 Å². The summed E-state index contributed by atoms with van der Waals surface area (Å²) in [6.45, 7) is 0. The average molecular weight is 340 g/mol. The predicted octanol–water partition coefficient (Wildman–Crippen LogP) is 3.69. The number of nitrogen functional groups attached to an aromatic ring is 1. The third-order valence-electron chi connectivity index (χ3n) is 1.82. The Labute approximate surface area is 112 Å². The molecule has 4 nitrogen and oxygen atoms in total. The van der Waals surface area contributed by atoms with Gasteiger partial charge < -0.3 is 10.5 Å². The van der Waals surface area contributed by atoms with Crippen LogP contribution in [0.25, 0.3) is 0 Å². The van der Waals surface area contributed by atoms with E-state index in [9.17, 15) is 13.2 Å². The number of hydrogen-bond donors (Lipinski definition) is 1. The summed E-state index contributed by atoms with van der Waals surface area (Å²) >= 11 is 3.51. The molecule has 0 spiro atoms. The van der Waals surface area contributed by atoms with Gasteiger partial charge in [-0.2, -0.15) is 13.2 Å². The van der Waals surface area contributed by atoms with Gasteiger partial charge in [-0.15, -0.1) is 5.10 Å². The van der Waals surface area contributed by atoms with Gasteiger partial charge in [-0.25, -0.2) is 0 Å². The maximum absolute atomic E-state index is 12.3. The highest BCUT2D eigenvalue weighted by atomic mass is 79.9. The Morgan fingerprint density at radius 2 is 2.00 bits per heavy atom. The summed E-state index contributed by atoms with van der Waals surface area (Å²) in [7, 11) is 0. The van der Waals surface area contributed by atoms with E-state index in [1.807, 2.05) is 0 Å². The third kappa shape index (κ3) is 2.91. The molecule has 0 aliphatic carbocycles. The largest absolute Gasteiger partial charge is 0.445 e. The molecule has 9 heteroatoms. The molecule has 0 aliphatic rings. The Morgan fingerprint density at radius 1 is 1.28 bits per heavy atom. The lowest BCUT2D eigenvalue weighted by molar-refractivity contribution is -0.138. The molecule has 2 aromatic rings. The van der Waals surface area contributed by atoms with Gasteiger partial charge in [-0.1, -0.05) is 32.4 Å². The van der Waals surface area contributed by atoms with Crippen LogP contribution < -0.4 is 10.5 Å². The Bertz CT molecular complexity index is 572. The lowest BCUT2D eigenvalue weighted by Crippen LogP contribution is -2.03. The van der Waals surface area contributed by atoms with Gasteiger partial charge in [-0.05, 0) is 18.2 Å². The van der Waals surface area contributed by atoms with Crippen LogP contribution in [0.15, 0.2) is 22.7 Å². The molecule has 2 rings (SSSR count). The van der Waals surface area contributed by atoms with E-state index in [1.54, 1.807) is 12.1 Å². The van der Waals surface area contributed by atoms with Crippen molar-refractivity contribution >= 4 is 33.0 Å². The minimum Gasteiger partial charge on any atom is -0.428 e. The van der Waals surface area contributed by atoms with Gasteiger partial charge in [0.15, 0.2) is 5.75 Å². The quantitative estimate of drug-likeness (QED) is 0.847. The normalized spacial score (nSPS) is 11.6. The number of benzene rings is 1. The molecule has 0 bridgehead atoms. The van der Waals surface area contributed by atoms with Crippen molar-refractivity contribution in [2.24, 2.45) is 0 Å². The molecular weight excluding hydrogens is 335 g/mol. The molecular formula is C9H5BrF3N3OS. The second-order valence-corrected chi connectivity index (χ2v) is 5.01. The van der Waals surface area contributed by atoms with E-state index >= 15 is 0 Å². The van der Waals surface area contributed by atoms with Gasteiger partial charge in [0.05, 0.1) is 5.69 Å². The predicted molar refractivity (Wildman–Crippen MR) is 63.5 cm³/mol. The van der Waals surface area contributed by atoms with Crippen molar-refractivity contribution in [1.82, 2.24) is 10.2 Å². The van der Waals surface area contributed by atoms with Crippen molar-refractivity contribution in [3.8, 4) is 10.9 Å². The Balaban J connectivity index is 2.21. The molecule has 0 amide bonds. The Hall–Kier alpha value is -1.35. The molecule has 0 saturated carbocycles. The highest BCUT2D eigenvalue weighted by Crippen LogP contribution is 2.36. The van der Waals surface area contributed by atoms with E-state index in [2.05, 4.69) is 26.1 Å². The van der Waals surface area contributed by atoms with E-state index in [4.69, 9.17) is 10.5 Å². The first-order valence-corrected chi connectivity index (χ1v) is 6.11. The number of rotatable bonds is 2. The van der Waals surface area contributed by atoms with Gasteiger partial charge in [-0.3, -0.25) is 0 Å². The zero-order chi connectivity index (χ0) is 13.3. The standard InChI is InChI=1S/C9H5BrF3N3OS/c10-4-1-2-6(5(14)3-4)17-8-16-15-7(18-8)9(11,12)13/h1-3H,14H2. The summed E-state index contributed by atoms with van der Waals surface area (Å²) in [6.07, 6.45) is -4.52. The van der Waals surface area contributed by atoms with Crippen LogP contribution in [0.1, 0.15) is 5.01 Å². The summed E-state index contributed by atoms with van der Waals surface area (Å²) < 4.78 is 42.8. The van der Waals surface area contributed by atoms with E-state index in [-0.39, 0.29) is 16.6 Å². The Kier molecular flexibility index (Phi) is 3.44. The summed E-state index contributed by atoms with van der Waals surface area (Å²) in [5.41, 5.74) is 5.93. The van der Waals surface area contributed by atoms with Crippen LogP contribution in [-0.4, -0.2) is 10.2 Å². The minimum atomic E-state index is -4.52. The fourth-order valence-corrected chi connectivity index (χ4v) is 2.03. The molecule has 0 fully saturated rings. The zero-order valence-electron chi connectivity index (χ0n) is 8.53. The van der Waals surface area contributed by atoms with Gasteiger partial charge in [0.2, 0.25) is 5.01 Å². The van der Waals surface area contributed by atoms with Crippen molar-refractivity contribution in [3.05, 3.63) is 27.7 Å². The molecule has 0 aliphatic heterocycles. The molecule has 0 unspecified atom stereocenters. The van der Waals surface area contributed by atoms with Gasteiger partial charge in [0, 0.05) is 4.47 Å². The number of halogens is 4. The van der Waals surface area contributed by atoms with E-state index < -0.39 is 11.2 Å². The molecule has 0 saturated heterocycles. The highest BCUT2D eigenvalue weighted by Gasteiger charge is 2.36. The summed E-state index contributed by atoms with van der Waals surface area (Å²) in [4.78, 5) is 0. The van der Waals surface area contributed by atoms with Gasteiger partial charge >= 0.3 is 6.18 Å². The molecule has 2 N–H and O–H groups in total. The average Bonchev–Trinajstić information content (AvgIpc) is 2.70. The number of alkyl halides is 3. The van der Waals surface area contributed by atoms with Crippen LogP contribution >= 0.6 is 27.3 Å². The number of nitrogens with two attached hydrogens (primary N) is 1. The van der Waals surface area contributed by atoms with Gasteiger partial charge in [0.25, 0.3) is 5.19 Å². The highest BCUT2D eigenvalue weighted by molar-refractivity contribution is 9.10. The number of hydrogen-bond acceptors (Lipinski definition) is 5. The first kappa shape index (κ1) is 13.1. The van der Waals surface area contributed by atoms with E-state index in [1.165, 1.54) is 6.07 Å². The second-order valence-electron chi connectivity index (χ2n) is 3.16. The van der Waals surface area contributed by atoms with E-state index in [0.717, 1.165) is 4.47 Å². The number of ether oxygens (including phenoxy) is 1. The van der Waals surface area contributed by atoms with Crippen molar-refractivity contribution in [2.75, 3.05) is 5.73 Å². The summed E-state index contributed by atoms with van der Waals surface area (Å²) in [5, 5.41) is 5.03. The lowest BCUT2D eigenvalue weighted by Gasteiger charge is -2.04. The SMILES string of the molecule is Nc1cc(Br)ccc1Oc1nnc(C(F)(F)F)s1. The Morgan fingerprint density at radius 3 is 2.56 bits per heavy atom. The van der Waals surface area contributed by atoms with Crippen LogP contribution in [0.3, 0.4) is 0 Å². The van der Waals surface area contributed by atoms with Crippen LogP contribution in [0.2, 0.25) is 0 Å². The molecule has 1 aromatic carbocycles. The molecule has 0 atom stereocenters. The maximum atomic E-state index is 12.3. The fraction of sp³-hybridized carbons (Fsp3) is 0.111. The van der Waals surface area contributed by atoms with Crippen molar-refractivity contribution in [1.29, 1.82) is 0 Å². The number of aromatic nitrogens is 2. The van der Waals surface area contributed by atoms with Crippen molar-refractivity contribution in [3.63, 3.8) is 0 Å². The monoisotopic (exact) mass is 339 g/mol. The molecule has 0 radical (unpaired) electrons. The van der Waals surface area contributed by atoms with Gasteiger partial charge in [0.1, 0.15) is 0 Å². The molecule has 96 valence electrons. The second kappa shape index (κ2) is 4.73. The summed E-state index contributed by atoms with van der Waals surface area (Å²) in [5.74, 6) is 0.225. The number of anilines is 1. The minimum absolute atomic E-state index is 0.212. The summed E-state index contributed by atoms with van der Waals surface area (Å²) in [6, 6.07) is 4.74. The smallest absolute Gasteiger partial charge is 0.428 e. The first-order chi connectivity index (χ1) is 8.36. The maximum Gasteiger partial charge on any atom is 0.445 e. The molecule has 1 aromatic heterocycles. The van der Waals surface area contributed by atoms with Crippen LogP contribution in [0.5, 0.6) is 10.9 Å². The third-order valence-corrected chi connectivity index (χ3v) is 3.16. The van der Waals surface area contributed by atoms with Crippen LogP contribution in [-0.2, 0) is 6.18 Å². The first-order valence-electron chi connectivity index (χ1n) is 4.50. The molecule has 18 heavy (non-hydrogen) atoms.